The SMILES string of the molecule is Cc1ccc(F)c(Nc2ccc(C(=O)O)cc2[N+](=O)[O-])c1. The Hall–Kier alpha value is -2.96. The molecule has 0 unspecified atom stereocenters. The van der Waals surface area contributed by atoms with Crippen molar-refractivity contribution < 1.29 is 19.2 Å². The summed E-state index contributed by atoms with van der Waals surface area (Å²) in [5.74, 6) is -1.83. The van der Waals surface area contributed by atoms with Crippen molar-refractivity contribution in [2.45, 2.75) is 6.92 Å². The Balaban J connectivity index is 2.46. The van der Waals surface area contributed by atoms with E-state index in [9.17, 15) is 19.3 Å². The third kappa shape index (κ3) is 3.14. The van der Waals surface area contributed by atoms with E-state index in [-0.39, 0.29) is 16.9 Å². The summed E-state index contributed by atoms with van der Waals surface area (Å²) in [6.45, 7) is 1.76. The fourth-order valence-corrected chi connectivity index (χ4v) is 1.80. The van der Waals surface area contributed by atoms with Crippen molar-refractivity contribution in [3.63, 3.8) is 0 Å². The number of halogens is 1. The second-order valence-corrected chi connectivity index (χ2v) is 4.40. The number of aryl methyl sites for hydroxylation is 1. The molecule has 108 valence electrons. The minimum atomic E-state index is -1.27. The van der Waals surface area contributed by atoms with E-state index in [2.05, 4.69) is 5.32 Å². The van der Waals surface area contributed by atoms with Crippen molar-refractivity contribution in [2.75, 3.05) is 5.32 Å². The third-order valence-electron chi connectivity index (χ3n) is 2.83. The van der Waals surface area contributed by atoms with Crippen LogP contribution in [-0.4, -0.2) is 16.0 Å². The third-order valence-corrected chi connectivity index (χ3v) is 2.83. The molecule has 6 nitrogen and oxygen atoms in total. The van der Waals surface area contributed by atoms with Gasteiger partial charge in [-0.05, 0) is 36.8 Å². The maximum absolute atomic E-state index is 13.7. The van der Waals surface area contributed by atoms with Crippen LogP contribution in [0.2, 0.25) is 0 Å². The van der Waals surface area contributed by atoms with Crippen molar-refractivity contribution in [2.24, 2.45) is 0 Å². The quantitative estimate of drug-likeness (QED) is 0.664. The molecule has 2 N–H and O–H groups in total. The van der Waals surface area contributed by atoms with Crippen molar-refractivity contribution in [3.8, 4) is 0 Å². The van der Waals surface area contributed by atoms with Crippen molar-refractivity contribution >= 4 is 23.0 Å². The van der Waals surface area contributed by atoms with Crippen LogP contribution in [0.15, 0.2) is 36.4 Å². The standard InChI is InChI=1S/C14H11FN2O4/c1-8-2-4-10(15)12(6-8)16-11-5-3-9(14(18)19)7-13(11)17(20)21/h2-7,16H,1H3,(H,18,19). The van der Waals surface area contributed by atoms with E-state index >= 15 is 0 Å². The second kappa shape index (κ2) is 5.58. The van der Waals surface area contributed by atoms with Gasteiger partial charge in [0.25, 0.3) is 5.69 Å². The molecule has 7 heteroatoms. The fraction of sp³-hybridized carbons (Fsp3) is 0.0714. The van der Waals surface area contributed by atoms with Crippen LogP contribution in [0, 0.1) is 22.9 Å². The lowest BCUT2D eigenvalue weighted by Crippen LogP contribution is -2.02. The molecule has 0 atom stereocenters. The van der Waals surface area contributed by atoms with Crippen LogP contribution in [0.5, 0.6) is 0 Å². The van der Waals surface area contributed by atoms with Crippen LogP contribution in [0.1, 0.15) is 15.9 Å². The highest BCUT2D eigenvalue weighted by atomic mass is 19.1. The maximum atomic E-state index is 13.7. The number of carbonyl (C=O) groups is 1. The molecular weight excluding hydrogens is 279 g/mol. The maximum Gasteiger partial charge on any atom is 0.335 e. The van der Waals surface area contributed by atoms with Gasteiger partial charge < -0.3 is 10.4 Å². The number of rotatable bonds is 4. The summed E-state index contributed by atoms with van der Waals surface area (Å²) in [6.07, 6.45) is 0. The minimum absolute atomic E-state index is 0.0227. The number of hydrogen-bond donors (Lipinski definition) is 2. The molecule has 0 spiro atoms. The van der Waals surface area contributed by atoms with E-state index in [0.717, 1.165) is 11.6 Å². The number of carboxylic acids is 1. The van der Waals surface area contributed by atoms with Gasteiger partial charge in [-0.1, -0.05) is 6.07 Å². The van der Waals surface area contributed by atoms with Gasteiger partial charge in [-0.3, -0.25) is 10.1 Å². The monoisotopic (exact) mass is 290 g/mol. The van der Waals surface area contributed by atoms with Crippen LogP contribution in [0.25, 0.3) is 0 Å². The van der Waals surface area contributed by atoms with Crippen LogP contribution >= 0.6 is 0 Å². The highest BCUT2D eigenvalue weighted by Crippen LogP contribution is 2.30. The highest BCUT2D eigenvalue weighted by Gasteiger charge is 2.18. The van der Waals surface area contributed by atoms with Crippen molar-refractivity contribution in [1.29, 1.82) is 0 Å². The molecule has 2 aromatic carbocycles. The molecule has 2 aromatic rings. The van der Waals surface area contributed by atoms with Crippen LogP contribution in [0.3, 0.4) is 0 Å². The Bertz CT molecular complexity index is 731. The van der Waals surface area contributed by atoms with Gasteiger partial charge in [0.05, 0.1) is 16.2 Å². The second-order valence-electron chi connectivity index (χ2n) is 4.40. The average molecular weight is 290 g/mol. The lowest BCUT2D eigenvalue weighted by Gasteiger charge is -2.09. The number of nitrogens with one attached hydrogen (secondary N) is 1. The number of benzene rings is 2. The molecule has 0 saturated heterocycles. The van der Waals surface area contributed by atoms with Gasteiger partial charge in [0.15, 0.2) is 0 Å². The van der Waals surface area contributed by atoms with E-state index in [0.29, 0.717) is 0 Å². The number of carboxylic acid groups (broad SMARTS) is 1. The van der Waals surface area contributed by atoms with E-state index < -0.39 is 22.4 Å². The zero-order valence-electron chi connectivity index (χ0n) is 11.0. The summed E-state index contributed by atoms with van der Waals surface area (Å²) >= 11 is 0. The van der Waals surface area contributed by atoms with Crippen molar-refractivity contribution in [1.82, 2.24) is 0 Å². The Morgan fingerprint density at radius 3 is 2.57 bits per heavy atom. The summed E-state index contributed by atoms with van der Waals surface area (Å²) in [5, 5.41) is 22.5. The van der Waals surface area contributed by atoms with Gasteiger partial charge in [-0.15, -0.1) is 0 Å². The first-order valence-corrected chi connectivity index (χ1v) is 5.93. The summed E-state index contributed by atoms with van der Waals surface area (Å²) in [6, 6.07) is 7.70. The molecule has 0 aromatic heterocycles. The summed E-state index contributed by atoms with van der Waals surface area (Å²) in [5.41, 5.74) is 0.243. The van der Waals surface area contributed by atoms with E-state index in [1.54, 1.807) is 13.0 Å². The van der Waals surface area contributed by atoms with E-state index in [4.69, 9.17) is 5.11 Å². The lowest BCUT2D eigenvalue weighted by atomic mass is 10.1. The van der Waals surface area contributed by atoms with Gasteiger partial charge in [0, 0.05) is 6.07 Å². The summed E-state index contributed by atoms with van der Waals surface area (Å²) in [7, 11) is 0. The minimum Gasteiger partial charge on any atom is -0.478 e. The average Bonchev–Trinajstić information content (AvgIpc) is 2.42. The van der Waals surface area contributed by atoms with Gasteiger partial charge in [-0.25, -0.2) is 9.18 Å². The van der Waals surface area contributed by atoms with E-state index in [1.165, 1.54) is 24.3 Å². The Labute approximate surface area is 119 Å². The highest BCUT2D eigenvalue weighted by molar-refractivity contribution is 5.90. The Morgan fingerprint density at radius 1 is 1.24 bits per heavy atom. The lowest BCUT2D eigenvalue weighted by molar-refractivity contribution is -0.383. The first kappa shape index (κ1) is 14.4. The molecule has 0 saturated carbocycles. The predicted molar refractivity (Wildman–Crippen MR) is 74.5 cm³/mol. The molecule has 0 aliphatic carbocycles. The van der Waals surface area contributed by atoms with Crippen LogP contribution in [0.4, 0.5) is 21.5 Å². The fourth-order valence-electron chi connectivity index (χ4n) is 1.80. The predicted octanol–water partition coefficient (Wildman–Crippen LogP) is 3.48. The van der Waals surface area contributed by atoms with Gasteiger partial charge >= 0.3 is 5.97 Å². The molecule has 21 heavy (non-hydrogen) atoms. The molecule has 0 fully saturated rings. The zero-order chi connectivity index (χ0) is 15.6. The number of nitrogens with zero attached hydrogens (tertiary/aromatic N) is 1. The molecule has 2 rings (SSSR count). The zero-order valence-corrected chi connectivity index (χ0v) is 11.0. The molecule has 0 amide bonds. The summed E-state index contributed by atoms with van der Waals surface area (Å²) < 4.78 is 13.7. The van der Waals surface area contributed by atoms with Crippen molar-refractivity contribution in [3.05, 3.63) is 63.5 Å². The summed E-state index contributed by atoms with van der Waals surface area (Å²) in [4.78, 5) is 21.1. The number of anilines is 2. The molecule has 0 bridgehead atoms. The van der Waals surface area contributed by atoms with Crippen LogP contribution < -0.4 is 5.32 Å². The number of nitro groups is 1. The van der Waals surface area contributed by atoms with Gasteiger partial charge in [0.2, 0.25) is 0 Å². The number of hydrogen-bond acceptors (Lipinski definition) is 4. The molecule has 0 aliphatic heterocycles. The Morgan fingerprint density at radius 2 is 1.95 bits per heavy atom. The van der Waals surface area contributed by atoms with Gasteiger partial charge in [0.1, 0.15) is 11.5 Å². The Kier molecular flexibility index (Phi) is 3.84. The molecule has 0 aliphatic rings. The first-order valence-electron chi connectivity index (χ1n) is 5.93. The molecular formula is C14H11FN2O4. The number of aromatic carboxylic acids is 1. The topological polar surface area (TPSA) is 92.5 Å². The first-order chi connectivity index (χ1) is 9.88. The number of nitro benzene ring substituents is 1. The smallest absolute Gasteiger partial charge is 0.335 e. The van der Waals surface area contributed by atoms with E-state index in [1.807, 2.05) is 0 Å². The normalized spacial score (nSPS) is 10.2. The van der Waals surface area contributed by atoms with Gasteiger partial charge in [-0.2, -0.15) is 0 Å². The molecule has 0 radical (unpaired) electrons. The van der Waals surface area contributed by atoms with Crippen LogP contribution in [-0.2, 0) is 0 Å². The molecule has 0 heterocycles. The largest absolute Gasteiger partial charge is 0.478 e.